The SMILES string of the molecule is CCCCCCOCC(NCCC)C1CCCC1. The van der Waals surface area contributed by atoms with Gasteiger partial charge in [-0.15, -0.1) is 0 Å². The highest BCUT2D eigenvalue weighted by atomic mass is 16.5. The van der Waals surface area contributed by atoms with Gasteiger partial charge in [-0.3, -0.25) is 0 Å². The molecular formula is C16H33NO. The Labute approximate surface area is 114 Å². The number of hydrogen-bond acceptors (Lipinski definition) is 2. The molecule has 0 bridgehead atoms. The first kappa shape index (κ1) is 16.0. The first-order valence-electron chi connectivity index (χ1n) is 8.19. The lowest BCUT2D eigenvalue weighted by Gasteiger charge is -2.24. The Morgan fingerprint density at radius 2 is 1.83 bits per heavy atom. The fourth-order valence-corrected chi connectivity index (χ4v) is 2.89. The molecule has 18 heavy (non-hydrogen) atoms. The van der Waals surface area contributed by atoms with Crippen molar-refractivity contribution in [3.05, 3.63) is 0 Å². The molecule has 0 aromatic carbocycles. The largest absolute Gasteiger partial charge is 0.380 e. The van der Waals surface area contributed by atoms with Gasteiger partial charge in [-0.2, -0.15) is 0 Å². The monoisotopic (exact) mass is 255 g/mol. The molecule has 0 aromatic rings. The zero-order valence-corrected chi connectivity index (χ0v) is 12.5. The van der Waals surface area contributed by atoms with Gasteiger partial charge in [-0.1, -0.05) is 46.0 Å². The van der Waals surface area contributed by atoms with Crippen molar-refractivity contribution in [3.8, 4) is 0 Å². The van der Waals surface area contributed by atoms with E-state index in [1.54, 1.807) is 0 Å². The fraction of sp³-hybridized carbons (Fsp3) is 1.00. The number of rotatable bonds is 11. The predicted molar refractivity (Wildman–Crippen MR) is 79.0 cm³/mol. The van der Waals surface area contributed by atoms with E-state index in [0.29, 0.717) is 6.04 Å². The lowest BCUT2D eigenvalue weighted by molar-refractivity contribution is 0.0905. The van der Waals surface area contributed by atoms with Crippen LogP contribution in [0.25, 0.3) is 0 Å². The van der Waals surface area contributed by atoms with Crippen molar-refractivity contribution >= 4 is 0 Å². The Kier molecular flexibility index (Phi) is 9.59. The minimum atomic E-state index is 0.610. The summed E-state index contributed by atoms with van der Waals surface area (Å²) in [5.74, 6) is 0.868. The third kappa shape index (κ3) is 6.75. The Bertz CT molecular complexity index is 178. The zero-order chi connectivity index (χ0) is 13.1. The summed E-state index contributed by atoms with van der Waals surface area (Å²) in [4.78, 5) is 0. The van der Waals surface area contributed by atoms with Crippen molar-refractivity contribution in [2.24, 2.45) is 5.92 Å². The van der Waals surface area contributed by atoms with Gasteiger partial charge in [0.2, 0.25) is 0 Å². The van der Waals surface area contributed by atoms with Crippen LogP contribution in [0.15, 0.2) is 0 Å². The molecule has 0 spiro atoms. The summed E-state index contributed by atoms with van der Waals surface area (Å²) in [7, 11) is 0. The second-order valence-electron chi connectivity index (χ2n) is 5.74. The van der Waals surface area contributed by atoms with E-state index in [0.717, 1.165) is 25.7 Å². The van der Waals surface area contributed by atoms with Crippen LogP contribution in [-0.2, 0) is 4.74 Å². The number of unbranched alkanes of at least 4 members (excludes halogenated alkanes) is 3. The minimum Gasteiger partial charge on any atom is -0.380 e. The van der Waals surface area contributed by atoms with Crippen LogP contribution in [0, 0.1) is 5.92 Å². The van der Waals surface area contributed by atoms with E-state index in [2.05, 4.69) is 19.2 Å². The van der Waals surface area contributed by atoms with Gasteiger partial charge in [0.05, 0.1) is 6.61 Å². The van der Waals surface area contributed by atoms with E-state index >= 15 is 0 Å². The number of hydrogen-bond donors (Lipinski definition) is 1. The molecule has 0 radical (unpaired) electrons. The van der Waals surface area contributed by atoms with Gasteiger partial charge in [-0.05, 0) is 38.1 Å². The lowest BCUT2D eigenvalue weighted by Crippen LogP contribution is -2.39. The van der Waals surface area contributed by atoms with Crippen molar-refractivity contribution in [1.29, 1.82) is 0 Å². The third-order valence-electron chi connectivity index (χ3n) is 4.07. The van der Waals surface area contributed by atoms with Crippen LogP contribution in [0.5, 0.6) is 0 Å². The van der Waals surface area contributed by atoms with E-state index in [-0.39, 0.29) is 0 Å². The van der Waals surface area contributed by atoms with E-state index in [9.17, 15) is 0 Å². The molecule has 0 aliphatic heterocycles. The van der Waals surface area contributed by atoms with E-state index in [4.69, 9.17) is 4.74 Å². The summed E-state index contributed by atoms with van der Waals surface area (Å²) < 4.78 is 5.89. The van der Waals surface area contributed by atoms with Gasteiger partial charge in [0.1, 0.15) is 0 Å². The van der Waals surface area contributed by atoms with Crippen LogP contribution in [0.4, 0.5) is 0 Å². The molecule has 1 aliphatic carbocycles. The molecule has 2 nitrogen and oxygen atoms in total. The average Bonchev–Trinajstić information content (AvgIpc) is 2.91. The summed E-state index contributed by atoms with van der Waals surface area (Å²) in [5.41, 5.74) is 0. The molecule has 0 aromatic heterocycles. The molecule has 0 amide bonds. The molecular weight excluding hydrogens is 222 g/mol. The summed E-state index contributed by atoms with van der Waals surface area (Å²) in [6, 6.07) is 0.610. The van der Waals surface area contributed by atoms with Crippen molar-refractivity contribution < 1.29 is 4.74 Å². The Morgan fingerprint density at radius 3 is 2.50 bits per heavy atom. The molecule has 1 fully saturated rings. The van der Waals surface area contributed by atoms with Gasteiger partial charge < -0.3 is 10.1 Å². The zero-order valence-electron chi connectivity index (χ0n) is 12.5. The van der Waals surface area contributed by atoms with Gasteiger partial charge in [-0.25, -0.2) is 0 Å². The Hall–Kier alpha value is -0.0800. The molecule has 108 valence electrons. The predicted octanol–water partition coefficient (Wildman–Crippen LogP) is 4.14. The Morgan fingerprint density at radius 1 is 1.06 bits per heavy atom. The molecule has 1 saturated carbocycles. The summed E-state index contributed by atoms with van der Waals surface area (Å²) in [6.07, 6.45) is 12.1. The van der Waals surface area contributed by atoms with E-state index in [1.165, 1.54) is 57.8 Å². The second-order valence-corrected chi connectivity index (χ2v) is 5.74. The van der Waals surface area contributed by atoms with E-state index < -0.39 is 0 Å². The van der Waals surface area contributed by atoms with Gasteiger partial charge in [0, 0.05) is 12.6 Å². The van der Waals surface area contributed by atoms with Crippen LogP contribution in [-0.4, -0.2) is 25.8 Å². The normalized spacial score (nSPS) is 18.3. The first-order chi connectivity index (χ1) is 8.88. The molecule has 0 heterocycles. The topological polar surface area (TPSA) is 21.3 Å². The van der Waals surface area contributed by atoms with Crippen LogP contribution >= 0.6 is 0 Å². The molecule has 1 atom stereocenters. The summed E-state index contributed by atoms with van der Waals surface area (Å²) >= 11 is 0. The van der Waals surface area contributed by atoms with Crippen molar-refractivity contribution in [2.45, 2.75) is 77.7 Å². The molecule has 2 heteroatoms. The fourth-order valence-electron chi connectivity index (χ4n) is 2.89. The number of ether oxygens (including phenoxy) is 1. The van der Waals surface area contributed by atoms with Gasteiger partial charge in [0.25, 0.3) is 0 Å². The van der Waals surface area contributed by atoms with Crippen molar-refractivity contribution in [3.63, 3.8) is 0 Å². The van der Waals surface area contributed by atoms with Gasteiger partial charge >= 0.3 is 0 Å². The standard InChI is InChI=1S/C16H33NO/c1-3-5-6-9-13-18-14-16(17-12-4-2)15-10-7-8-11-15/h15-17H,3-14H2,1-2H3. The molecule has 1 aliphatic rings. The third-order valence-corrected chi connectivity index (χ3v) is 4.07. The van der Waals surface area contributed by atoms with Crippen LogP contribution in [0.1, 0.15) is 71.6 Å². The average molecular weight is 255 g/mol. The van der Waals surface area contributed by atoms with E-state index in [1.807, 2.05) is 0 Å². The maximum absolute atomic E-state index is 5.89. The van der Waals surface area contributed by atoms with Crippen LogP contribution < -0.4 is 5.32 Å². The highest BCUT2D eigenvalue weighted by Gasteiger charge is 2.24. The van der Waals surface area contributed by atoms with Crippen molar-refractivity contribution in [2.75, 3.05) is 19.8 Å². The van der Waals surface area contributed by atoms with Crippen LogP contribution in [0.3, 0.4) is 0 Å². The summed E-state index contributed by atoms with van der Waals surface area (Å²) in [5, 5.41) is 3.69. The number of nitrogens with one attached hydrogen (secondary N) is 1. The quantitative estimate of drug-likeness (QED) is 0.560. The summed E-state index contributed by atoms with van der Waals surface area (Å²) in [6.45, 7) is 7.52. The lowest BCUT2D eigenvalue weighted by atomic mass is 9.98. The first-order valence-corrected chi connectivity index (χ1v) is 8.19. The minimum absolute atomic E-state index is 0.610. The maximum Gasteiger partial charge on any atom is 0.0622 e. The second kappa shape index (κ2) is 10.8. The van der Waals surface area contributed by atoms with Crippen LogP contribution in [0.2, 0.25) is 0 Å². The molecule has 0 saturated heterocycles. The highest BCUT2D eigenvalue weighted by Crippen LogP contribution is 2.27. The maximum atomic E-state index is 5.89. The molecule has 1 N–H and O–H groups in total. The molecule has 1 rings (SSSR count). The highest BCUT2D eigenvalue weighted by molar-refractivity contribution is 4.80. The van der Waals surface area contributed by atoms with Gasteiger partial charge in [0.15, 0.2) is 0 Å². The Balaban J connectivity index is 2.11. The molecule has 1 unspecified atom stereocenters. The van der Waals surface area contributed by atoms with Crippen molar-refractivity contribution in [1.82, 2.24) is 5.32 Å². The smallest absolute Gasteiger partial charge is 0.0622 e.